The van der Waals surface area contributed by atoms with E-state index in [1.165, 1.54) is 24.4 Å². The quantitative estimate of drug-likeness (QED) is 0.645. The van der Waals surface area contributed by atoms with Crippen LogP contribution in [0.5, 0.6) is 0 Å². The molecule has 0 unspecified atom stereocenters. The monoisotopic (exact) mass is 371 g/mol. The third-order valence-corrected chi connectivity index (χ3v) is 3.77. The minimum atomic E-state index is -4.41. The number of rotatable bonds is 4. The molecule has 0 saturated heterocycles. The van der Waals surface area contributed by atoms with E-state index >= 15 is 0 Å². The Morgan fingerprint density at radius 3 is 2.22 bits per heavy atom. The molecule has 0 radical (unpaired) electrons. The van der Waals surface area contributed by atoms with Crippen LogP contribution in [0, 0.1) is 6.92 Å². The van der Waals surface area contributed by atoms with Crippen LogP contribution in [0.4, 0.5) is 30.2 Å². The average molecular weight is 371 g/mol. The second kappa shape index (κ2) is 7.49. The van der Waals surface area contributed by atoms with Crippen molar-refractivity contribution < 1.29 is 18.0 Å². The van der Waals surface area contributed by atoms with Crippen LogP contribution in [0.15, 0.2) is 66.9 Å². The van der Waals surface area contributed by atoms with E-state index < -0.39 is 17.6 Å². The molecule has 7 heteroatoms. The van der Waals surface area contributed by atoms with Crippen LogP contribution >= 0.6 is 0 Å². The van der Waals surface area contributed by atoms with Gasteiger partial charge in [-0.25, -0.2) is 4.98 Å². The molecule has 1 heterocycles. The van der Waals surface area contributed by atoms with Crippen LogP contribution in [0.1, 0.15) is 21.6 Å². The Labute approximate surface area is 154 Å². The largest absolute Gasteiger partial charge is 0.416 e. The molecule has 0 bridgehead atoms. The van der Waals surface area contributed by atoms with E-state index in [0.717, 1.165) is 23.4 Å². The molecule has 138 valence electrons. The molecule has 0 atom stereocenters. The fraction of sp³-hybridized carbons (Fsp3) is 0.100. The number of nitrogens with zero attached hydrogens (tertiary/aromatic N) is 1. The summed E-state index contributed by atoms with van der Waals surface area (Å²) >= 11 is 0. The molecule has 0 aliphatic heterocycles. The second-order valence-corrected chi connectivity index (χ2v) is 5.96. The average Bonchev–Trinajstić information content (AvgIpc) is 2.62. The summed E-state index contributed by atoms with van der Waals surface area (Å²) in [6.45, 7) is 1.98. The van der Waals surface area contributed by atoms with Gasteiger partial charge in [-0.2, -0.15) is 13.2 Å². The van der Waals surface area contributed by atoms with Gasteiger partial charge in [0.2, 0.25) is 0 Å². The molecule has 1 amide bonds. The summed E-state index contributed by atoms with van der Waals surface area (Å²) in [7, 11) is 0. The summed E-state index contributed by atoms with van der Waals surface area (Å²) in [4.78, 5) is 16.3. The lowest BCUT2D eigenvalue weighted by molar-refractivity contribution is -0.137. The molecular weight excluding hydrogens is 355 g/mol. The van der Waals surface area contributed by atoms with E-state index in [-0.39, 0.29) is 11.4 Å². The zero-order valence-corrected chi connectivity index (χ0v) is 14.3. The SMILES string of the molecule is Cc1cccc(Nc2ccc(C(=O)Nc3ccc(C(F)(F)F)cc3)nc2)c1. The maximum Gasteiger partial charge on any atom is 0.416 e. The van der Waals surface area contributed by atoms with E-state index in [1.807, 2.05) is 31.2 Å². The standard InChI is InChI=1S/C20H16F3N3O/c1-13-3-2-4-16(11-13)25-17-9-10-18(24-12-17)19(27)26-15-7-5-14(6-8-15)20(21,22)23/h2-12,25H,1H3,(H,26,27). The van der Waals surface area contributed by atoms with E-state index in [0.29, 0.717) is 5.69 Å². The number of carbonyl (C=O) groups excluding carboxylic acids is 1. The fourth-order valence-corrected chi connectivity index (χ4v) is 2.43. The van der Waals surface area contributed by atoms with E-state index in [9.17, 15) is 18.0 Å². The molecule has 0 aliphatic rings. The lowest BCUT2D eigenvalue weighted by atomic mass is 10.2. The smallest absolute Gasteiger partial charge is 0.354 e. The Balaban J connectivity index is 1.65. The lowest BCUT2D eigenvalue weighted by Crippen LogP contribution is -2.14. The topological polar surface area (TPSA) is 54.0 Å². The van der Waals surface area contributed by atoms with Crippen molar-refractivity contribution in [3.8, 4) is 0 Å². The first kappa shape index (κ1) is 18.4. The maximum atomic E-state index is 12.6. The van der Waals surface area contributed by atoms with Crippen molar-refractivity contribution in [3.63, 3.8) is 0 Å². The van der Waals surface area contributed by atoms with Crippen molar-refractivity contribution in [3.05, 3.63) is 83.7 Å². The summed E-state index contributed by atoms with van der Waals surface area (Å²) < 4.78 is 37.7. The fourth-order valence-electron chi connectivity index (χ4n) is 2.43. The first-order chi connectivity index (χ1) is 12.8. The van der Waals surface area contributed by atoms with Crippen molar-refractivity contribution in [2.45, 2.75) is 13.1 Å². The first-order valence-corrected chi connectivity index (χ1v) is 8.09. The number of pyridine rings is 1. The predicted molar refractivity (Wildman–Crippen MR) is 98.1 cm³/mol. The van der Waals surface area contributed by atoms with E-state index in [4.69, 9.17) is 0 Å². The molecule has 1 aromatic heterocycles. The summed E-state index contributed by atoms with van der Waals surface area (Å²) in [5.74, 6) is -0.503. The Bertz CT molecular complexity index is 936. The highest BCUT2D eigenvalue weighted by molar-refractivity contribution is 6.02. The Kier molecular flexibility index (Phi) is 5.12. The number of aromatic nitrogens is 1. The molecular formula is C20H16F3N3O. The van der Waals surface area contributed by atoms with Gasteiger partial charge in [0.15, 0.2) is 0 Å². The molecule has 3 aromatic rings. The van der Waals surface area contributed by atoms with Crippen molar-refractivity contribution in [1.82, 2.24) is 4.98 Å². The zero-order valence-electron chi connectivity index (χ0n) is 14.3. The second-order valence-electron chi connectivity index (χ2n) is 5.96. The molecule has 0 saturated carbocycles. The van der Waals surface area contributed by atoms with Crippen LogP contribution in [-0.2, 0) is 6.18 Å². The number of halogens is 3. The summed E-state index contributed by atoms with van der Waals surface area (Å²) in [6, 6.07) is 15.3. The first-order valence-electron chi connectivity index (χ1n) is 8.09. The van der Waals surface area contributed by atoms with Gasteiger partial charge in [-0.1, -0.05) is 12.1 Å². The highest BCUT2D eigenvalue weighted by atomic mass is 19.4. The van der Waals surface area contributed by atoms with Crippen LogP contribution in [0.2, 0.25) is 0 Å². The minimum Gasteiger partial charge on any atom is -0.354 e. The number of benzene rings is 2. The normalized spacial score (nSPS) is 11.1. The number of aryl methyl sites for hydroxylation is 1. The number of anilines is 3. The zero-order chi connectivity index (χ0) is 19.4. The van der Waals surface area contributed by atoms with Crippen molar-refractivity contribution in [1.29, 1.82) is 0 Å². The van der Waals surface area contributed by atoms with Gasteiger partial charge in [0.25, 0.3) is 5.91 Å². The number of hydrogen-bond donors (Lipinski definition) is 2. The number of carbonyl (C=O) groups is 1. The van der Waals surface area contributed by atoms with Crippen LogP contribution in [-0.4, -0.2) is 10.9 Å². The minimum absolute atomic E-state index is 0.157. The van der Waals surface area contributed by atoms with Crippen molar-refractivity contribution >= 4 is 23.0 Å². The number of amides is 1. The molecule has 0 aliphatic carbocycles. The van der Waals surface area contributed by atoms with Crippen molar-refractivity contribution in [2.75, 3.05) is 10.6 Å². The van der Waals surface area contributed by atoms with E-state index in [1.54, 1.807) is 6.07 Å². The van der Waals surface area contributed by atoms with E-state index in [2.05, 4.69) is 15.6 Å². The maximum absolute atomic E-state index is 12.6. The van der Waals surface area contributed by atoms with Crippen molar-refractivity contribution in [2.24, 2.45) is 0 Å². The third-order valence-electron chi connectivity index (χ3n) is 3.77. The molecule has 0 fully saturated rings. The van der Waals surface area contributed by atoms with Gasteiger partial charge >= 0.3 is 6.18 Å². The predicted octanol–water partition coefficient (Wildman–Crippen LogP) is 5.40. The summed E-state index contributed by atoms with van der Waals surface area (Å²) in [6.07, 6.45) is -2.89. The highest BCUT2D eigenvalue weighted by Crippen LogP contribution is 2.29. The van der Waals surface area contributed by atoms with Gasteiger partial charge < -0.3 is 10.6 Å². The van der Waals surface area contributed by atoms with Gasteiger partial charge in [-0.3, -0.25) is 4.79 Å². The van der Waals surface area contributed by atoms with Crippen LogP contribution < -0.4 is 10.6 Å². The molecule has 2 aromatic carbocycles. The number of hydrogen-bond acceptors (Lipinski definition) is 3. The number of nitrogens with one attached hydrogen (secondary N) is 2. The summed E-state index contributed by atoms with van der Waals surface area (Å²) in [5, 5.41) is 5.70. The molecule has 3 rings (SSSR count). The van der Waals surface area contributed by atoms with Crippen LogP contribution in [0.3, 0.4) is 0 Å². The van der Waals surface area contributed by atoms with Crippen LogP contribution in [0.25, 0.3) is 0 Å². The molecule has 27 heavy (non-hydrogen) atoms. The molecule has 2 N–H and O–H groups in total. The Morgan fingerprint density at radius 1 is 0.926 bits per heavy atom. The lowest BCUT2D eigenvalue weighted by Gasteiger charge is -2.09. The summed E-state index contributed by atoms with van der Waals surface area (Å²) in [5.41, 5.74) is 2.37. The van der Waals surface area contributed by atoms with Gasteiger partial charge in [0, 0.05) is 11.4 Å². The molecule has 0 spiro atoms. The van der Waals surface area contributed by atoms with Gasteiger partial charge in [-0.15, -0.1) is 0 Å². The van der Waals surface area contributed by atoms with Gasteiger partial charge in [0.1, 0.15) is 5.69 Å². The van der Waals surface area contributed by atoms with Gasteiger partial charge in [0.05, 0.1) is 17.4 Å². The van der Waals surface area contributed by atoms with Gasteiger partial charge in [-0.05, 0) is 61.0 Å². The highest BCUT2D eigenvalue weighted by Gasteiger charge is 2.30. The molecule has 4 nitrogen and oxygen atoms in total. The number of alkyl halides is 3. The Hall–Kier alpha value is -3.35. The third kappa shape index (κ3) is 4.84. The Morgan fingerprint density at radius 2 is 1.63 bits per heavy atom.